The van der Waals surface area contributed by atoms with Crippen LogP contribution >= 0.6 is 11.6 Å². The van der Waals surface area contributed by atoms with E-state index in [4.69, 9.17) is 11.6 Å². The van der Waals surface area contributed by atoms with Crippen LogP contribution in [0.2, 0.25) is 5.02 Å². The van der Waals surface area contributed by atoms with Crippen LogP contribution in [0.3, 0.4) is 0 Å². The molecule has 1 aromatic carbocycles. The van der Waals surface area contributed by atoms with E-state index in [-0.39, 0.29) is 18.5 Å². The third kappa shape index (κ3) is 4.01. The molecule has 1 amide bonds. The number of carbonyl (C=O) groups excluding carboxylic acids is 1. The molecule has 1 heterocycles. The Morgan fingerprint density at radius 1 is 1.33 bits per heavy atom. The topological polar surface area (TPSA) is 72.7 Å². The average molecular weight is 308 g/mol. The Balaban J connectivity index is 2.04. The Morgan fingerprint density at radius 2 is 2.05 bits per heavy atom. The van der Waals surface area contributed by atoms with Gasteiger partial charge in [-0.15, -0.1) is 10.2 Å². The lowest BCUT2D eigenvalue weighted by Crippen LogP contribution is -2.38. The minimum Gasteiger partial charge on any atom is -0.352 e. The number of hydrogen-bond donors (Lipinski definition) is 1. The van der Waals surface area contributed by atoms with Gasteiger partial charge in [-0.2, -0.15) is 4.80 Å². The van der Waals surface area contributed by atoms with Crippen LogP contribution in [0.1, 0.15) is 20.8 Å². The molecule has 2 aromatic rings. The summed E-state index contributed by atoms with van der Waals surface area (Å²) >= 11 is 6.08. The van der Waals surface area contributed by atoms with Gasteiger partial charge in [0.2, 0.25) is 11.7 Å². The summed E-state index contributed by atoms with van der Waals surface area (Å²) in [4.78, 5) is 13.1. The Hall–Kier alpha value is -1.95. The summed E-state index contributed by atoms with van der Waals surface area (Å²) in [6.07, 6.45) is 0. The summed E-state index contributed by atoms with van der Waals surface area (Å²) in [5, 5.41) is 15.4. The van der Waals surface area contributed by atoms with Gasteiger partial charge < -0.3 is 5.32 Å². The van der Waals surface area contributed by atoms with Crippen LogP contribution in [-0.4, -0.2) is 32.2 Å². The lowest BCUT2D eigenvalue weighted by Gasteiger charge is -2.16. The summed E-state index contributed by atoms with van der Waals surface area (Å²) in [5.74, 6) is 0.640. The van der Waals surface area contributed by atoms with Crippen molar-refractivity contribution in [3.05, 3.63) is 29.3 Å². The predicted octanol–water partition coefficient (Wildman–Crippen LogP) is 2.15. The average Bonchev–Trinajstić information content (AvgIpc) is 2.87. The van der Waals surface area contributed by atoms with Gasteiger partial charge in [-0.25, -0.2) is 0 Å². The molecule has 1 atom stereocenters. The molecule has 2 rings (SSSR count). The van der Waals surface area contributed by atoms with E-state index in [1.165, 1.54) is 4.80 Å². The molecule has 6 nitrogen and oxygen atoms in total. The van der Waals surface area contributed by atoms with E-state index in [2.05, 4.69) is 20.7 Å². The molecule has 21 heavy (non-hydrogen) atoms. The van der Waals surface area contributed by atoms with E-state index in [1.807, 2.05) is 39.0 Å². The first kappa shape index (κ1) is 15.4. The number of halogens is 1. The van der Waals surface area contributed by atoms with E-state index in [0.717, 1.165) is 0 Å². The first-order chi connectivity index (χ1) is 9.97. The second-order valence-corrected chi connectivity index (χ2v) is 5.63. The number of amides is 1. The minimum atomic E-state index is -0.140. The molecule has 0 radical (unpaired) electrons. The van der Waals surface area contributed by atoms with E-state index in [0.29, 0.717) is 22.3 Å². The number of nitrogens with one attached hydrogen (secondary N) is 1. The summed E-state index contributed by atoms with van der Waals surface area (Å²) in [5.41, 5.74) is 0.696. The SMILES string of the molecule is CC(C)[C@@H](C)NC(=O)Cn1nnc(-c2ccccc2Cl)n1. The summed E-state index contributed by atoms with van der Waals surface area (Å²) in [6.45, 7) is 6.10. The molecule has 0 aliphatic rings. The second kappa shape index (κ2) is 6.67. The molecule has 0 spiro atoms. The van der Waals surface area contributed by atoms with E-state index >= 15 is 0 Å². The van der Waals surface area contributed by atoms with Gasteiger partial charge in [0.05, 0.1) is 5.02 Å². The lowest BCUT2D eigenvalue weighted by molar-refractivity contribution is -0.123. The highest BCUT2D eigenvalue weighted by molar-refractivity contribution is 6.33. The fourth-order valence-corrected chi connectivity index (χ4v) is 1.88. The summed E-state index contributed by atoms with van der Waals surface area (Å²) in [7, 11) is 0. The molecule has 0 aliphatic heterocycles. The third-order valence-electron chi connectivity index (χ3n) is 3.24. The largest absolute Gasteiger partial charge is 0.352 e. The summed E-state index contributed by atoms with van der Waals surface area (Å²) < 4.78 is 0. The Labute approximate surface area is 128 Å². The molecule has 1 aromatic heterocycles. The van der Waals surface area contributed by atoms with Gasteiger partial charge in [-0.05, 0) is 30.2 Å². The van der Waals surface area contributed by atoms with Gasteiger partial charge in [-0.1, -0.05) is 37.6 Å². The zero-order valence-electron chi connectivity index (χ0n) is 12.2. The smallest absolute Gasteiger partial charge is 0.243 e. The highest BCUT2D eigenvalue weighted by atomic mass is 35.5. The Morgan fingerprint density at radius 3 is 2.71 bits per heavy atom. The zero-order valence-corrected chi connectivity index (χ0v) is 13.0. The third-order valence-corrected chi connectivity index (χ3v) is 3.57. The van der Waals surface area contributed by atoms with Crippen LogP contribution in [0.15, 0.2) is 24.3 Å². The number of rotatable bonds is 5. The van der Waals surface area contributed by atoms with E-state index < -0.39 is 0 Å². The maximum absolute atomic E-state index is 11.9. The summed E-state index contributed by atoms with van der Waals surface area (Å²) in [6, 6.07) is 7.35. The highest BCUT2D eigenvalue weighted by Crippen LogP contribution is 2.23. The van der Waals surface area contributed by atoms with Crippen molar-refractivity contribution in [3.63, 3.8) is 0 Å². The molecular weight excluding hydrogens is 290 g/mol. The van der Waals surface area contributed by atoms with Crippen molar-refractivity contribution < 1.29 is 4.79 Å². The number of hydrogen-bond acceptors (Lipinski definition) is 4. The molecule has 112 valence electrons. The van der Waals surface area contributed by atoms with Crippen molar-refractivity contribution in [2.75, 3.05) is 0 Å². The molecule has 0 saturated carbocycles. The van der Waals surface area contributed by atoms with Gasteiger partial charge in [0.1, 0.15) is 6.54 Å². The monoisotopic (exact) mass is 307 g/mol. The van der Waals surface area contributed by atoms with Gasteiger partial charge in [-0.3, -0.25) is 4.79 Å². The van der Waals surface area contributed by atoms with Crippen molar-refractivity contribution in [1.82, 2.24) is 25.5 Å². The van der Waals surface area contributed by atoms with Gasteiger partial charge in [0.15, 0.2) is 0 Å². The van der Waals surface area contributed by atoms with Crippen LogP contribution in [0.25, 0.3) is 11.4 Å². The maximum Gasteiger partial charge on any atom is 0.243 e. The van der Waals surface area contributed by atoms with Gasteiger partial charge in [0, 0.05) is 11.6 Å². The van der Waals surface area contributed by atoms with Crippen LogP contribution in [-0.2, 0) is 11.3 Å². The second-order valence-electron chi connectivity index (χ2n) is 5.22. The molecule has 0 fully saturated rings. The van der Waals surface area contributed by atoms with Crippen LogP contribution < -0.4 is 5.32 Å². The standard InChI is InChI=1S/C14H18ClN5O/c1-9(2)10(3)16-13(21)8-20-18-14(17-19-20)11-6-4-5-7-12(11)15/h4-7,9-10H,8H2,1-3H3,(H,16,21)/t10-/m1/s1. The number of tetrazole rings is 1. The minimum absolute atomic E-state index is 0.0362. The molecular formula is C14H18ClN5O. The van der Waals surface area contributed by atoms with E-state index in [9.17, 15) is 4.79 Å². The quantitative estimate of drug-likeness (QED) is 0.918. The molecule has 1 N–H and O–H groups in total. The van der Waals surface area contributed by atoms with Crippen molar-refractivity contribution >= 4 is 17.5 Å². The van der Waals surface area contributed by atoms with Gasteiger partial charge >= 0.3 is 0 Å². The molecule has 0 unspecified atom stereocenters. The molecule has 7 heteroatoms. The highest BCUT2D eigenvalue weighted by Gasteiger charge is 2.14. The Bertz CT molecular complexity index is 625. The molecule has 0 saturated heterocycles. The van der Waals surface area contributed by atoms with Crippen molar-refractivity contribution in [2.24, 2.45) is 5.92 Å². The van der Waals surface area contributed by atoms with Crippen LogP contribution in [0.5, 0.6) is 0 Å². The van der Waals surface area contributed by atoms with Crippen molar-refractivity contribution in [1.29, 1.82) is 0 Å². The van der Waals surface area contributed by atoms with Crippen molar-refractivity contribution in [3.8, 4) is 11.4 Å². The first-order valence-corrected chi connectivity index (χ1v) is 7.17. The number of nitrogens with zero attached hydrogens (tertiary/aromatic N) is 4. The molecule has 0 bridgehead atoms. The number of carbonyl (C=O) groups is 1. The van der Waals surface area contributed by atoms with E-state index in [1.54, 1.807) is 6.07 Å². The number of benzene rings is 1. The maximum atomic E-state index is 11.9. The fourth-order valence-electron chi connectivity index (χ4n) is 1.66. The predicted molar refractivity (Wildman–Crippen MR) is 80.7 cm³/mol. The van der Waals surface area contributed by atoms with Crippen LogP contribution in [0, 0.1) is 5.92 Å². The fraction of sp³-hybridized carbons (Fsp3) is 0.429. The number of aromatic nitrogens is 4. The molecule has 0 aliphatic carbocycles. The normalized spacial score (nSPS) is 12.4. The van der Waals surface area contributed by atoms with Crippen LogP contribution in [0.4, 0.5) is 0 Å². The lowest BCUT2D eigenvalue weighted by atomic mass is 10.1. The van der Waals surface area contributed by atoms with Gasteiger partial charge in [0.25, 0.3) is 0 Å². The van der Waals surface area contributed by atoms with Crippen molar-refractivity contribution in [2.45, 2.75) is 33.4 Å². The first-order valence-electron chi connectivity index (χ1n) is 6.79. The zero-order chi connectivity index (χ0) is 15.4. The Kier molecular flexibility index (Phi) is 4.90.